The van der Waals surface area contributed by atoms with Crippen molar-refractivity contribution in [3.8, 4) is 11.3 Å². The Morgan fingerprint density at radius 3 is 2.78 bits per heavy atom. The average Bonchev–Trinajstić information content (AvgIpc) is 3.26. The summed E-state index contributed by atoms with van der Waals surface area (Å²) < 4.78 is 19.1. The van der Waals surface area contributed by atoms with Gasteiger partial charge in [-0.1, -0.05) is 6.92 Å². The summed E-state index contributed by atoms with van der Waals surface area (Å²) in [5.41, 5.74) is 2.82. The minimum Gasteiger partial charge on any atom is -0.457 e. The fourth-order valence-electron chi connectivity index (χ4n) is 3.88. The van der Waals surface area contributed by atoms with Crippen molar-refractivity contribution < 1.29 is 13.6 Å². The number of fused-ring (bicyclic) bond motifs is 3. The number of thiophene rings is 1. The number of carbonyl (C=O) groups is 1. The highest BCUT2D eigenvalue weighted by atomic mass is 32.1. The molecule has 2 atom stereocenters. The van der Waals surface area contributed by atoms with Crippen LogP contribution >= 0.6 is 11.3 Å². The molecular weight excluding hydrogens is 363 g/mol. The van der Waals surface area contributed by atoms with Crippen LogP contribution in [0.3, 0.4) is 0 Å². The highest BCUT2D eigenvalue weighted by Gasteiger charge is 2.34. The Hall–Kier alpha value is -2.60. The quantitative estimate of drug-likeness (QED) is 0.646. The Morgan fingerprint density at radius 2 is 1.96 bits per heavy atom. The molecule has 138 valence electrons. The van der Waals surface area contributed by atoms with Crippen LogP contribution in [0, 0.1) is 11.7 Å². The van der Waals surface area contributed by atoms with Crippen LogP contribution in [0.25, 0.3) is 11.3 Å². The maximum Gasteiger partial charge on any atom is 0.256 e. The third-order valence-electron chi connectivity index (χ3n) is 5.33. The van der Waals surface area contributed by atoms with Crippen molar-refractivity contribution >= 4 is 22.2 Å². The maximum atomic E-state index is 13.1. The third-order valence-corrected chi connectivity index (χ3v) is 6.52. The number of anilines is 1. The number of rotatable bonds is 2. The van der Waals surface area contributed by atoms with Crippen LogP contribution in [0.5, 0.6) is 0 Å². The number of hydrogen-bond acceptors (Lipinski definition) is 4. The van der Waals surface area contributed by atoms with Gasteiger partial charge in [0.05, 0.1) is 5.56 Å². The van der Waals surface area contributed by atoms with Gasteiger partial charge < -0.3 is 15.1 Å². The summed E-state index contributed by atoms with van der Waals surface area (Å²) in [6.07, 6.45) is 2.74. The standard InChI is InChI=1S/C21H19FN2O2S/c1-11-2-7-14-17(10-11)27-21-18(14)20(25)23-19(24-21)16-9-8-15(26-16)12-3-5-13(22)6-4-12/h3-6,8-9,11,19,24H,2,7,10H2,1H3,(H,23,25)/t11-,19+/m1/s1. The first-order valence-corrected chi connectivity index (χ1v) is 9.98. The highest BCUT2D eigenvalue weighted by Crippen LogP contribution is 2.42. The monoisotopic (exact) mass is 382 g/mol. The van der Waals surface area contributed by atoms with Gasteiger partial charge in [0.15, 0.2) is 6.17 Å². The van der Waals surface area contributed by atoms with Crippen LogP contribution in [0.2, 0.25) is 0 Å². The van der Waals surface area contributed by atoms with Gasteiger partial charge in [-0.2, -0.15) is 0 Å². The SMILES string of the molecule is C[C@@H]1CCc2c(sc3c2C(=O)N[C@H](c2ccc(-c4ccc(F)cc4)o2)N3)C1. The topological polar surface area (TPSA) is 54.3 Å². The molecule has 0 saturated heterocycles. The molecule has 0 saturated carbocycles. The van der Waals surface area contributed by atoms with Crippen molar-refractivity contribution in [3.05, 3.63) is 64.0 Å². The molecule has 3 aromatic rings. The fraction of sp³-hybridized carbons (Fsp3) is 0.286. The Bertz CT molecular complexity index is 1020. The number of furan rings is 1. The fourth-order valence-corrected chi connectivity index (χ4v) is 5.32. The molecule has 1 amide bonds. The molecule has 5 rings (SSSR count). The number of hydrogen-bond donors (Lipinski definition) is 2. The Kier molecular flexibility index (Phi) is 3.82. The summed E-state index contributed by atoms with van der Waals surface area (Å²) in [4.78, 5) is 14.1. The van der Waals surface area contributed by atoms with Crippen LogP contribution in [-0.4, -0.2) is 5.91 Å². The summed E-state index contributed by atoms with van der Waals surface area (Å²) in [6, 6.07) is 9.85. The zero-order valence-corrected chi connectivity index (χ0v) is 15.7. The molecule has 0 radical (unpaired) electrons. The van der Waals surface area contributed by atoms with Gasteiger partial charge in [-0.25, -0.2) is 4.39 Å². The van der Waals surface area contributed by atoms with Crippen molar-refractivity contribution in [2.24, 2.45) is 5.92 Å². The molecule has 0 unspecified atom stereocenters. The second-order valence-corrected chi connectivity index (χ2v) is 8.42. The average molecular weight is 382 g/mol. The van der Waals surface area contributed by atoms with E-state index in [0.717, 1.165) is 35.4 Å². The molecule has 0 fully saturated rings. The normalized spacial score (nSPS) is 21.2. The largest absolute Gasteiger partial charge is 0.457 e. The van der Waals surface area contributed by atoms with Gasteiger partial charge in [0.25, 0.3) is 5.91 Å². The lowest BCUT2D eigenvalue weighted by Gasteiger charge is -2.25. The predicted octanol–water partition coefficient (Wildman–Crippen LogP) is 5.13. The predicted molar refractivity (Wildman–Crippen MR) is 103 cm³/mol. The van der Waals surface area contributed by atoms with Crippen LogP contribution < -0.4 is 10.6 Å². The van der Waals surface area contributed by atoms with E-state index in [1.807, 2.05) is 12.1 Å². The number of halogens is 1. The van der Waals surface area contributed by atoms with E-state index in [2.05, 4.69) is 17.6 Å². The van der Waals surface area contributed by atoms with Crippen LogP contribution in [0.15, 0.2) is 40.8 Å². The smallest absolute Gasteiger partial charge is 0.256 e. The van der Waals surface area contributed by atoms with Gasteiger partial charge in [-0.05, 0) is 67.1 Å². The van der Waals surface area contributed by atoms with Crippen LogP contribution in [0.1, 0.15) is 46.1 Å². The number of amides is 1. The van der Waals surface area contributed by atoms with E-state index in [9.17, 15) is 9.18 Å². The summed E-state index contributed by atoms with van der Waals surface area (Å²) >= 11 is 1.69. The van der Waals surface area contributed by atoms with E-state index in [1.54, 1.807) is 23.5 Å². The lowest BCUT2D eigenvalue weighted by atomic mass is 9.88. The van der Waals surface area contributed by atoms with Gasteiger partial charge in [-0.3, -0.25) is 4.79 Å². The van der Waals surface area contributed by atoms with Crippen molar-refractivity contribution in [1.82, 2.24) is 5.32 Å². The van der Waals surface area contributed by atoms with Crippen molar-refractivity contribution in [3.63, 3.8) is 0 Å². The minimum atomic E-state index is -0.406. The molecule has 0 spiro atoms. The Labute approximate surface area is 160 Å². The molecule has 0 bridgehead atoms. The van der Waals surface area contributed by atoms with Gasteiger partial charge in [0.2, 0.25) is 0 Å². The summed E-state index contributed by atoms with van der Waals surface area (Å²) in [7, 11) is 0. The van der Waals surface area contributed by atoms with E-state index in [4.69, 9.17) is 4.42 Å². The summed E-state index contributed by atoms with van der Waals surface area (Å²) in [6.45, 7) is 2.26. The molecule has 3 heterocycles. The molecule has 4 nitrogen and oxygen atoms in total. The zero-order valence-electron chi connectivity index (χ0n) is 14.8. The van der Waals surface area contributed by atoms with Crippen molar-refractivity contribution in [1.29, 1.82) is 0 Å². The van der Waals surface area contributed by atoms with E-state index in [-0.39, 0.29) is 11.7 Å². The number of nitrogens with one attached hydrogen (secondary N) is 2. The molecule has 1 aliphatic heterocycles. The van der Waals surface area contributed by atoms with E-state index < -0.39 is 6.17 Å². The summed E-state index contributed by atoms with van der Waals surface area (Å²) in [5.74, 6) is 1.62. The van der Waals surface area contributed by atoms with Crippen molar-refractivity contribution in [2.45, 2.75) is 32.4 Å². The third kappa shape index (κ3) is 2.84. The van der Waals surface area contributed by atoms with E-state index in [1.165, 1.54) is 22.6 Å². The first-order valence-electron chi connectivity index (χ1n) is 9.16. The maximum absolute atomic E-state index is 13.1. The first kappa shape index (κ1) is 16.6. The number of carbonyl (C=O) groups excluding carboxylic acids is 1. The van der Waals surface area contributed by atoms with Gasteiger partial charge >= 0.3 is 0 Å². The highest BCUT2D eigenvalue weighted by molar-refractivity contribution is 7.16. The van der Waals surface area contributed by atoms with Gasteiger partial charge in [0, 0.05) is 10.4 Å². The molecular formula is C21H19FN2O2S. The zero-order chi connectivity index (χ0) is 18.5. The Morgan fingerprint density at radius 1 is 1.15 bits per heavy atom. The molecule has 27 heavy (non-hydrogen) atoms. The molecule has 1 aliphatic carbocycles. The number of benzene rings is 1. The molecule has 6 heteroatoms. The van der Waals surface area contributed by atoms with Gasteiger partial charge in [0.1, 0.15) is 22.3 Å². The molecule has 2 N–H and O–H groups in total. The van der Waals surface area contributed by atoms with E-state index in [0.29, 0.717) is 17.4 Å². The second kappa shape index (κ2) is 6.23. The Balaban J connectivity index is 1.44. The minimum absolute atomic E-state index is 0.0412. The molecule has 2 aromatic heterocycles. The van der Waals surface area contributed by atoms with E-state index >= 15 is 0 Å². The summed E-state index contributed by atoms with van der Waals surface area (Å²) in [5, 5.41) is 7.37. The lowest BCUT2D eigenvalue weighted by Crippen LogP contribution is -2.38. The van der Waals surface area contributed by atoms with Crippen molar-refractivity contribution in [2.75, 3.05) is 5.32 Å². The lowest BCUT2D eigenvalue weighted by molar-refractivity contribution is 0.0930. The van der Waals surface area contributed by atoms with Crippen LogP contribution in [-0.2, 0) is 12.8 Å². The first-order chi connectivity index (χ1) is 13.1. The molecule has 1 aromatic carbocycles. The van der Waals surface area contributed by atoms with Crippen LogP contribution in [0.4, 0.5) is 9.39 Å². The van der Waals surface area contributed by atoms with Gasteiger partial charge in [-0.15, -0.1) is 11.3 Å². The second-order valence-electron chi connectivity index (χ2n) is 7.32. The molecule has 2 aliphatic rings.